The molecule has 5 nitrogen and oxygen atoms in total. The van der Waals surface area contributed by atoms with Crippen LogP contribution in [0.2, 0.25) is 0 Å². The van der Waals surface area contributed by atoms with Gasteiger partial charge in [0.05, 0.1) is 0 Å². The molecule has 74 valence electrons. The van der Waals surface area contributed by atoms with Gasteiger partial charge in [-0.15, -0.1) is 0 Å². The highest BCUT2D eigenvalue weighted by atomic mass is 31.2. The highest BCUT2D eigenvalue weighted by Crippen LogP contribution is 2.43. The lowest BCUT2D eigenvalue weighted by Crippen LogP contribution is -2.20. The fraction of sp³-hybridized carbons (Fsp3) is 0.125. The van der Waals surface area contributed by atoms with Crippen LogP contribution < -0.4 is 14.9 Å². The Kier molecular flexibility index (Phi) is 2.17. The molecule has 1 aliphatic rings. The molecule has 0 aromatic heterocycles. The third kappa shape index (κ3) is 1.88. The number of rotatable bonds is 2. The van der Waals surface area contributed by atoms with Gasteiger partial charge in [0.2, 0.25) is 0 Å². The quantitative estimate of drug-likeness (QED) is 0.730. The van der Waals surface area contributed by atoms with Gasteiger partial charge in [0.15, 0.2) is 0 Å². The van der Waals surface area contributed by atoms with E-state index in [0.717, 1.165) is 0 Å². The summed E-state index contributed by atoms with van der Waals surface area (Å²) in [6.45, 7) is 0. The molecule has 1 heterocycles. The van der Waals surface area contributed by atoms with Gasteiger partial charge < -0.3 is 9.84 Å². The zero-order chi connectivity index (χ0) is 10.0. The number of benzene rings is 1. The number of para-hydroxylation sites is 1. The molecule has 1 unspecified atom stereocenters. The van der Waals surface area contributed by atoms with Gasteiger partial charge in [-0.3, -0.25) is 9.65 Å². The standard InChI is InChI=1S/C8H9N2O3P/c11-8-9-6-14(12,10-8)13-7-4-2-1-3-5-7/h1-5H,6H2,(H2,9,10,11,12). The van der Waals surface area contributed by atoms with E-state index in [1.807, 2.05) is 6.07 Å². The Balaban J connectivity index is 2.12. The second-order valence-electron chi connectivity index (χ2n) is 2.85. The minimum absolute atomic E-state index is 0.0285. The summed E-state index contributed by atoms with van der Waals surface area (Å²) in [7, 11) is -3.06. The van der Waals surface area contributed by atoms with Gasteiger partial charge in [0, 0.05) is 0 Å². The first-order chi connectivity index (χ1) is 6.68. The summed E-state index contributed by atoms with van der Waals surface area (Å²) in [6, 6.07) is 8.28. The van der Waals surface area contributed by atoms with E-state index in [4.69, 9.17) is 4.52 Å². The van der Waals surface area contributed by atoms with Gasteiger partial charge in [-0.2, -0.15) is 0 Å². The molecule has 0 aliphatic carbocycles. The third-order valence-corrected chi connectivity index (χ3v) is 3.34. The molecule has 14 heavy (non-hydrogen) atoms. The second kappa shape index (κ2) is 3.35. The van der Waals surface area contributed by atoms with Crippen LogP contribution in [0, 0.1) is 0 Å². The van der Waals surface area contributed by atoms with E-state index in [-0.39, 0.29) is 6.29 Å². The van der Waals surface area contributed by atoms with Crippen LogP contribution in [-0.2, 0) is 4.57 Å². The maximum atomic E-state index is 11.8. The van der Waals surface area contributed by atoms with Crippen molar-refractivity contribution in [3.05, 3.63) is 30.3 Å². The summed E-state index contributed by atoms with van der Waals surface area (Å²) >= 11 is 0. The summed E-state index contributed by atoms with van der Waals surface area (Å²) in [5, 5.41) is 4.65. The number of amides is 2. The van der Waals surface area contributed by atoms with Crippen molar-refractivity contribution in [3.8, 4) is 5.75 Å². The van der Waals surface area contributed by atoms with Gasteiger partial charge in [-0.25, -0.2) is 4.79 Å². The Bertz CT molecular complexity index is 393. The van der Waals surface area contributed by atoms with Gasteiger partial charge in [-0.1, -0.05) is 18.2 Å². The topological polar surface area (TPSA) is 67.4 Å². The summed E-state index contributed by atoms with van der Waals surface area (Å²) in [4.78, 5) is 10.8. The molecule has 1 aromatic rings. The van der Waals surface area contributed by atoms with Crippen molar-refractivity contribution in [2.45, 2.75) is 0 Å². The number of carbonyl (C=O) groups excluding carboxylic acids is 1. The van der Waals surface area contributed by atoms with Crippen LogP contribution in [-0.4, -0.2) is 12.3 Å². The van der Waals surface area contributed by atoms with E-state index in [2.05, 4.69) is 10.4 Å². The summed E-state index contributed by atoms with van der Waals surface area (Å²) in [5.41, 5.74) is 0. The molecule has 0 spiro atoms. The van der Waals surface area contributed by atoms with E-state index in [9.17, 15) is 9.36 Å². The third-order valence-electron chi connectivity index (χ3n) is 1.72. The van der Waals surface area contributed by atoms with Crippen molar-refractivity contribution in [2.75, 3.05) is 6.29 Å². The number of nitrogens with one attached hydrogen (secondary N) is 2. The molecule has 0 bridgehead atoms. The molecule has 1 saturated heterocycles. The van der Waals surface area contributed by atoms with Crippen LogP contribution in [0.1, 0.15) is 0 Å². The number of urea groups is 1. The fourth-order valence-corrected chi connectivity index (χ4v) is 2.51. The van der Waals surface area contributed by atoms with Crippen molar-refractivity contribution < 1.29 is 13.9 Å². The molecule has 1 aliphatic heterocycles. The monoisotopic (exact) mass is 212 g/mol. The Morgan fingerprint density at radius 1 is 1.29 bits per heavy atom. The highest BCUT2D eigenvalue weighted by molar-refractivity contribution is 7.58. The van der Waals surface area contributed by atoms with Crippen LogP contribution in [0.3, 0.4) is 0 Å². The van der Waals surface area contributed by atoms with Gasteiger partial charge >= 0.3 is 13.6 Å². The van der Waals surface area contributed by atoms with Crippen molar-refractivity contribution in [2.24, 2.45) is 0 Å². The maximum absolute atomic E-state index is 11.8. The average Bonchev–Trinajstić information content (AvgIpc) is 2.47. The van der Waals surface area contributed by atoms with E-state index in [0.29, 0.717) is 5.75 Å². The molecule has 1 atom stereocenters. The summed E-state index contributed by atoms with van der Waals surface area (Å²) in [5.74, 6) is 0.486. The molecule has 0 radical (unpaired) electrons. The SMILES string of the molecule is O=C1NCP(=O)(Oc2ccccc2)N1. The lowest BCUT2D eigenvalue weighted by molar-refractivity contribution is 0.249. The van der Waals surface area contributed by atoms with Crippen LogP contribution in [0.15, 0.2) is 30.3 Å². The summed E-state index contributed by atoms with van der Waals surface area (Å²) in [6.07, 6.45) is 0.0285. The Morgan fingerprint density at radius 3 is 2.57 bits per heavy atom. The fourth-order valence-electron chi connectivity index (χ4n) is 1.12. The molecule has 6 heteroatoms. The van der Waals surface area contributed by atoms with E-state index in [1.54, 1.807) is 24.3 Å². The van der Waals surface area contributed by atoms with E-state index >= 15 is 0 Å². The first kappa shape index (κ1) is 9.09. The molecular formula is C8H9N2O3P. The molecule has 1 aromatic carbocycles. The maximum Gasteiger partial charge on any atom is 0.363 e. The predicted molar refractivity (Wildman–Crippen MR) is 51.2 cm³/mol. The predicted octanol–water partition coefficient (Wildman–Crippen LogP) is 1.53. The lowest BCUT2D eigenvalue weighted by Gasteiger charge is -2.11. The zero-order valence-electron chi connectivity index (χ0n) is 7.27. The van der Waals surface area contributed by atoms with Gasteiger partial charge in [0.25, 0.3) is 0 Å². The Labute approximate surface area is 81.0 Å². The van der Waals surface area contributed by atoms with Gasteiger partial charge in [0.1, 0.15) is 12.0 Å². The van der Waals surface area contributed by atoms with Crippen molar-refractivity contribution >= 4 is 13.6 Å². The number of hydrogen-bond acceptors (Lipinski definition) is 3. The largest absolute Gasteiger partial charge is 0.428 e. The molecular weight excluding hydrogens is 203 g/mol. The lowest BCUT2D eigenvalue weighted by atomic mass is 10.3. The van der Waals surface area contributed by atoms with Crippen LogP contribution >= 0.6 is 7.52 Å². The Hall–Kier alpha value is -1.48. The smallest absolute Gasteiger partial charge is 0.363 e. The highest BCUT2D eigenvalue weighted by Gasteiger charge is 2.33. The van der Waals surface area contributed by atoms with Crippen LogP contribution in [0.5, 0.6) is 5.75 Å². The minimum atomic E-state index is -3.06. The van der Waals surface area contributed by atoms with Crippen LogP contribution in [0.25, 0.3) is 0 Å². The van der Waals surface area contributed by atoms with Crippen molar-refractivity contribution in [1.29, 1.82) is 0 Å². The number of hydrogen-bond donors (Lipinski definition) is 2. The van der Waals surface area contributed by atoms with E-state index in [1.165, 1.54) is 0 Å². The molecule has 2 rings (SSSR count). The minimum Gasteiger partial charge on any atom is -0.428 e. The van der Waals surface area contributed by atoms with Crippen LogP contribution in [0.4, 0.5) is 4.79 Å². The first-order valence-corrected chi connectivity index (χ1v) is 5.89. The summed E-state index contributed by atoms with van der Waals surface area (Å²) < 4.78 is 17.0. The van der Waals surface area contributed by atoms with Crippen molar-refractivity contribution in [1.82, 2.24) is 10.4 Å². The van der Waals surface area contributed by atoms with Gasteiger partial charge in [-0.05, 0) is 12.1 Å². The zero-order valence-corrected chi connectivity index (χ0v) is 8.16. The molecule has 1 fully saturated rings. The van der Waals surface area contributed by atoms with Crippen molar-refractivity contribution in [3.63, 3.8) is 0 Å². The first-order valence-electron chi connectivity index (χ1n) is 4.08. The number of carbonyl (C=O) groups is 1. The second-order valence-corrected chi connectivity index (χ2v) is 4.92. The molecule has 0 saturated carbocycles. The Morgan fingerprint density at radius 2 is 2.00 bits per heavy atom. The normalized spacial score (nSPS) is 25.3. The van der Waals surface area contributed by atoms with E-state index < -0.39 is 13.6 Å². The molecule has 2 amide bonds. The average molecular weight is 212 g/mol. The molecule has 2 N–H and O–H groups in total.